The molecule has 0 unspecified atom stereocenters. The van der Waals surface area contributed by atoms with Crippen LogP contribution in [0.25, 0.3) is 0 Å². The number of nitrogens with two attached hydrogens (primary N) is 1. The molecule has 0 bridgehead atoms. The molecule has 78 valence electrons. The number of nitrogen functional groups attached to an aromatic ring is 1. The molecular weight excluding hydrogens is 218 g/mol. The van der Waals surface area contributed by atoms with Gasteiger partial charge in [0.1, 0.15) is 0 Å². The van der Waals surface area contributed by atoms with Gasteiger partial charge in [-0.15, -0.1) is 0 Å². The molecule has 0 saturated heterocycles. The summed E-state index contributed by atoms with van der Waals surface area (Å²) in [5, 5.41) is 18.4. The maximum atomic E-state index is 10.7. The van der Waals surface area contributed by atoms with Crippen LogP contribution in [0.15, 0.2) is 12.4 Å². The molecule has 0 radical (unpaired) electrons. The summed E-state index contributed by atoms with van der Waals surface area (Å²) in [6, 6.07) is 0. The first kappa shape index (κ1) is 9.46. The summed E-state index contributed by atoms with van der Waals surface area (Å²) in [7, 11) is 0. The Balaban J connectivity index is 2.23. The van der Waals surface area contributed by atoms with E-state index < -0.39 is 5.97 Å². The highest BCUT2D eigenvalue weighted by molar-refractivity contribution is 7.18. The molecule has 0 spiro atoms. The summed E-state index contributed by atoms with van der Waals surface area (Å²) in [4.78, 5) is 14.6. The maximum absolute atomic E-state index is 10.7. The first-order valence-electron chi connectivity index (χ1n) is 3.92. The molecule has 0 aliphatic carbocycles. The largest absolute Gasteiger partial charge is 0.477 e. The van der Waals surface area contributed by atoms with Gasteiger partial charge in [0.2, 0.25) is 0 Å². The Labute approximate surface area is 88.0 Å². The Morgan fingerprint density at radius 2 is 2.47 bits per heavy atom. The predicted molar refractivity (Wildman–Crippen MR) is 55.4 cm³/mol. The van der Waals surface area contributed by atoms with E-state index in [1.165, 1.54) is 0 Å². The third kappa shape index (κ3) is 1.89. The predicted octanol–water partition coefficient (Wildman–Crippen LogP) is 0.890. The van der Waals surface area contributed by atoms with E-state index >= 15 is 0 Å². The Morgan fingerprint density at radius 3 is 3.00 bits per heavy atom. The molecule has 2 rings (SSSR count). The van der Waals surface area contributed by atoms with Gasteiger partial charge in [-0.3, -0.25) is 5.10 Å². The molecule has 0 aliphatic heterocycles. The number of thiazole rings is 1. The van der Waals surface area contributed by atoms with E-state index in [1.807, 2.05) is 0 Å². The fourth-order valence-corrected chi connectivity index (χ4v) is 1.73. The fraction of sp³-hybridized carbons (Fsp3) is 0. The second kappa shape index (κ2) is 3.58. The van der Waals surface area contributed by atoms with Gasteiger partial charge in [-0.25, -0.2) is 9.78 Å². The number of H-pyrrole nitrogens is 1. The highest BCUT2D eigenvalue weighted by Crippen LogP contribution is 2.26. The van der Waals surface area contributed by atoms with E-state index in [4.69, 9.17) is 10.8 Å². The van der Waals surface area contributed by atoms with Crippen LogP contribution in [-0.4, -0.2) is 26.3 Å². The van der Waals surface area contributed by atoms with Crippen LogP contribution in [0.4, 0.5) is 16.6 Å². The number of carbonyl (C=O) groups is 1. The molecule has 0 atom stereocenters. The normalized spacial score (nSPS) is 10.1. The molecule has 0 aromatic carbocycles. The monoisotopic (exact) mass is 225 g/mol. The van der Waals surface area contributed by atoms with E-state index in [9.17, 15) is 4.79 Å². The van der Waals surface area contributed by atoms with Gasteiger partial charge in [0.25, 0.3) is 0 Å². The summed E-state index contributed by atoms with van der Waals surface area (Å²) in [5.74, 6) is -1.07. The molecule has 0 amide bonds. The number of aromatic carboxylic acids is 1. The van der Waals surface area contributed by atoms with Gasteiger partial charge in [0.15, 0.2) is 15.8 Å². The van der Waals surface area contributed by atoms with Crippen LogP contribution in [0.5, 0.6) is 0 Å². The molecule has 0 fully saturated rings. The average Bonchev–Trinajstić information content (AvgIpc) is 2.75. The minimum atomic E-state index is -1.08. The van der Waals surface area contributed by atoms with Crippen molar-refractivity contribution in [3.05, 3.63) is 17.3 Å². The Bertz CT molecular complexity index is 478. The Hall–Kier alpha value is -2.09. The summed E-state index contributed by atoms with van der Waals surface area (Å²) < 4.78 is 0. The van der Waals surface area contributed by atoms with E-state index in [-0.39, 0.29) is 10.7 Å². The van der Waals surface area contributed by atoms with Crippen molar-refractivity contribution < 1.29 is 9.90 Å². The van der Waals surface area contributed by atoms with Crippen LogP contribution in [0.3, 0.4) is 0 Å². The van der Waals surface area contributed by atoms with Crippen LogP contribution in [0.1, 0.15) is 9.67 Å². The summed E-state index contributed by atoms with van der Waals surface area (Å²) in [6.07, 6.45) is 3.18. The molecule has 8 heteroatoms. The number of anilines is 3. The van der Waals surface area contributed by atoms with Crippen molar-refractivity contribution in [3.63, 3.8) is 0 Å². The van der Waals surface area contributed by atoms with E-state index in [1.54, 1.807) is 12.4 Å². The van der Waals surface area contributed by atoms with Crippen molar-refractivity contribution in [2.45, 2.75) is 0 Å². The van der Waals surface area contributed by atoms with Crippen molar-refractivity contribution in [1.82, 2.24) is 15.2 Å². The van der Waals surface area contributed by atoms with Gasteiger partial charge < -0.3 is 16.2 Å². The van der Waals surface area contributed by atoms with Crippen LogP contribution in [-0.2, 0) is 0 Å². The van der Waals surface area contributed by atoms with E-state index in [0.29, 0.717) is 10.8 Å². The van der Waals surface area contributed by atoms with Crippen molar-refractivity contribution >= 4 is 33.9 Å². The smallest absolute Gasteiger partial charge is 0.349 e. The lowest BCUT2D eigenvalue weighted by atomic mass is 10.5. The van der Waals surface area contributed by atoms with Crippen molar-refractivity contribution in [2.24, 2.45) is 0 Å². The molecule has 0 aliphatic rings. The molecule has 15 heavy (non-hydrogen) atoms. The van der Waals surface area contributed by atoms with Crippen LogP contribution in [0, 0.1) is 0 Å². The lowest BCUT2D eigenvalue weighted by Gasteiger charge is -1.94. The SMILES string of the molecule is Nc1nc(Nc2cn[nH]c2)sc1C(=O)O. The van der Waals surface area contributed by atoms with Crippen molar-refractivity contribution in [1.29, 1.82) is 0 Å². The van der Waals surface area contributed by atoms with E-state index in [2.05, 4.69) is 20.5 Å². The molecule has 5 N–H and O–H groups in total. The zero-order valence-corrected chi connectivity index (χ0v) is 8.21. The first-order valence-corrected chi connectivity index (χ1v) is 4.74. The average molecular weight is 225 g/mol. The van der Waals surface area contributed by atoms with Crippen molar-refractivity contribution in [3.8, 4) is 0 Å². The lowest BCUT2D eigenvalue weighted by molar-refractivity contribution is 0.0703. The standard InChI is InChI=1S/C7H7N5O2S/c8-5-4(6(13)14)15-7(12-5)11-3-1-9-10-2-3/h1-2H,8H2,(H,9,10)(H,11,12)(H,13,14). The fourth-order valence-electron chi connectivity index (χ4n) is 0.981. The Kier molecular flexibility index (Phi) is 2.26. The van der Waals surface area contributed by atoms with E-state index in [0.717, 1.165) is 11.3 Å². The number of hydrogen-bond donors (Lipinski definition) is 4. The van der Waals surface area contributed by atoms with Gasteiger partial charge in [0.05, 0.1) is 11.9 Å². The minimum absolute atomic E-state index is 0.0125. The van der Waals surface area contributed by atoms with Crippen LogP contribution >= 0.6 is 11.3 Å². The quantitative estimate of drug-likeness (QED) is 0.616. The van der Waals surface area contributed by atoms with Gasteiger partial charge in [-0.05, 0) is 0 Å². The Morgan fingerprint density at radius 1 is 1.67 bits per heavy atom. The molecule has 2 heterocycles. The minimum Gasteiger partial charge on any atom is -0.477 e. The number of nitrogens with one attached hydrogen (secondary N) is 2. The zero-order valence-electron chi connectivity index (χ0n) is 7.39. The number of hydrogen-bond acceptors (Lipinski definition) is 6. The lowest BCUT2D eigenvalue weighted by Crippen LogP contribution is -1.97. The summed E-state index contributed by atoms with van der Waals surface area (Å²) in [5.41, 5.74) is 6.12. The number of carboxylic acid groups (broad SMARTS) is 1. The second-order valence-corrected chi connectivity index (χ2v) is 3.65. The highest BCUT2D eigenvalue weighted by Gasteiger charge is 2.14. The number of rotatable bonds is 3. The third-order valence-electron chi connectivity index (χ3n) is 1.60. The maximum Gasteiger partial charge on any atom is 0.349 e. The van der Waals surface area contributed by atoms with Gasteiger partial charge in [-0.2, -0.15) is 5.10 Å². The summed E-state index contributed by atoms with van der Waals surface area (Å²) >= 11 is 0.977. The second-order valence-electron chi connectivity index (χ2n) is 2.65. The van der Waals surface area contributed by atoms with Crippen LogP contribution < -0.4 is 11.1 Å². The van der Waals surface area contributed by atoms with Gasteiger partial charge in [-0.1, -0.05) is 11.3 Å². The number of carboxylic acids is 1. The third-order valence-corrected chi connectivity index (χ3v) is 2.57. The van der Waals surface area contributed by atoms with Crippen molar-refractivity contribution in [2.75, 3.05) is 11.1 Å². The van der Waals surface area contributed by atoms with Gasteiger partial charge >= 0.3 is 5.97 Å². The number of nitrogens with zero attached hydrogens (tertiary/aromatic N) is 2. The van der Waals surface area contributed by atoms with Crippen LogP contribution in [0.2, 0.25) is 0 Å². The number of aromatic amines is 1. The molecule has 2 aromatic heterocycles. The zero-order chi connectivity index (χ0) is 10.8. The molecular formula is C7H7N5O2S. The molecule has 2 aromatic rings. The topological polar surface area (TPSA) is 117 Å². The first-order chi connectivity index (χ1) is 7.16. The number of aromatic nitrogens is 3. The summed E-state index contributed by atoms with van der Waals surface area (Å²) in [6.45, 7) is 0. The molecule has 7 nitrogen and oxygen atoms in total. The molecule has 0 saturated carbocycles. The van der Waals surface area contributed by atoms with Gasteiger partial charge in [0, 0.05) is 6.20 Å². The highest BCUT2D eigenvalue weighted by atomic mass is 32.1.